The summed E-state index contributed by atoms with van der Waals surface area (Å²) >= 11 is 1.27. The lowest BCUT2D eigenvalue weighted by Gasteiger charge is -2.10. The Bertz CT molecular complexity index is 147. The molecule has 2 nitrogen and oxygen atoms in total. The van der Waals surface area contributed by atoms with E-state index in [1.807, 2.05) is 13.8 Å². The molecule has 0 aliphatic carbocycles. The van der Waals surface area contributed by atoms with Gasteiger partial charge in [-0.15, -0.1) is 0 Å². The van der Waals surface area contributed by atoms with Gasteiger partial charge in [0.05, 0.1) is 12.0 Å². The van der Waals surface area contributed by atoms with Gasteiger partial charge in [0, 0.05) is 5.25 Å². The lowest BCUT2D eigenvalue weighted by molar-refractivity contribution is -0.116. The first kappa shape index (κ1) is 8.08. The standard InChI is InChI=1S/C7H12O2S/c1-3-5-6(8)4(2)10-7(5)9/h4-6,8H,3H2,1-2H3. The Balaban J connectivity index is 2.64. The Morgan fingerprint density at radius 3 is 2.50 bits per heavy atom. The third-order valence-corrected chi connectivity index (χ3v) is 3.12. The van der Waals surface area contributed by atoms with Crippen LogP contribution < -0.4 is 0 Å². The van der Waals surface area contributed by atoms with E-state index >= 15 is 0 Å². The average molecular weight is 160 g/mol. The molecule has 1 aliphatic heterocycles. The van der Waals surface area contributed by atoms with Gasteiger partial charge in [-0.1, -0.05) is 25.6 Å². The summed E-state index contributed by atoms with van der Waals surface area (Å²) in [6.45, 7) is 3.83. The number of aliphatic hydroxyl groups excluding tert-OH is 1. The van der Waals surface area contributed by atoms with Crippen LogP contribution in [-0.4, -0.2) is 21.6 Å². The van der Waals surface area contributed by atoms with Gasteiger partial charge in [0.1, 0.15) is 0 Å². The second kappa shape index (κ2) is 2.93. The van der Waals surface area contributed by atoms with Crippen molar-refractivity contribution in [1.29, 1.82) is 0 Å². The highest BCUT2D eigenvalue weighted by atomic mass is 32.2. The third kappa shape index (κ3) is 1.20. The first-order valence-electron chi connectivity index (χ1n) is 3.55. The van der Waals surface area contributed by atoms with Crippen LogP contribution in [0.15, 0.2) is 0 Å². The molecule has 1 N–H and O–H groups in total. The number of aliphatic hydroxyl groups is 1. The molecule has 0 amide bonds. The molecule has 3 heteroatoms. The maximum atomic E-state index is 11.0. The SMILES string of the molecule is CCC1C(=O)SC(C)C1O. The highest BCUT2D eigenvalue weighted by Crippen LogP contribution is 2.34. The summed E-state index contributed by atoms with van der Waals surface area (Å²) in [5.74, 6) is -0.111. The van der Waals surface area contributed by atoms with E-state index < -0.39 is 6.10 Å². The van der Waals surface area contributed by atoms with Gasteiger partial charge in [-0.05, 0) is 6.42 Å². The van der Waals surface area contributed by atoms with Gasteiger partial charge in [0.15, 0.2) is 5.12 Å². The molecule has 0 saturated carbocycles. The predicted molar refractivity (Wildman–Crippen MR) is 41.8 cm³/mol. The van der Waals surface area contributed by atoms with E-state index in [-0.39, 0.29) is 16.3 Å². The van der Waals surface area contributed by atoms with Gasteiger partial charge < -0.3 is 5.11 Å². The van der Waals surface area contributed by atoms with Crippen molar-refractivity contribution in [2.75, 3.05) is 0 Å². The molecular weight excluding hydrogens is 148 g/mol. The summed E-state index contributed by atoms with van der Waals surface area (Å²) in [7, 11) is 0. The van der Waals surface area contributed by atoms with E-state index in [1.54, 1.807) is 0 Å². The topological polar surface area (TPSA) is 37.3 Å². The number of hydrogen-bond donors (Lipinski definition) is 1. The van der Waals surface area contributed by atoms with E-state index in [2.05, 4.69) is 0 Å². The zero-order valence-corrected chi connectivity index (χ0v) is 7.02. The van der Waals surface area contributed by atoms with Crippen molar-refractivity contribution in [1.82, 2.24) is 0 Å². The number of hydrogen-bond acceptors (Lipinski definition) is 3. The van der Waals surface area contributed by atoms with Crippen molar-refractivity contribution < 1.29 is 9.90 Å². The van der Waals surface area contributed by atoms with Crippen molar-refractivity contribution in [3.05, 3.63) is 0 Å². The van der Waals surface area contributed by atoms with E-state index in [0.29, 0.717) is 0 Å². The smallest absolute Gasteiger partial charge is 0.194 e. The summed E-state index contributed by atoms with van der Waals surface area (Å²) in [5, 5.41) is 9.64. The van der Waals surface area contributed by atoms with Gasteiger partial charge in [0.25, 0.3) is 0 Å². The fourth-order valence-corrected chi connectivity index (χ4v) is 2.39. The fraction of sp³-hybridized carbons (Fsp3) is 0.857. The summed E-state index contributed by atoms with van der Waals surface area (Å²) in [6.07, 6.45) is 0.347. The van der Waals surface area contributed by atoms with E-state index in [0.717, 1.165) is 6.42 Å². The van der Waals surface area contributed by atoms with Gasteiger partial charge >= 0.3 is 0 Å². The highest BCUT2D eigenvalue weighted by molar-refractivity contribution is 8.14. The molecule has 0 aromatic carbocycles. The Morgan fingerprint density at radius 1 is 1.70 bits per heavy atom. The van der Waals surface area contributed by atoms with Crippen molar-refractivity contribution in [3.8, 4) is 0 Å². The molecular formula is C7H12O2S. The molecule has 1 aliphatic rings. The maximum Gasteiger partial charge on any atom is 0.194 e. The van der Waals surface area contributed by atoms with Gasteiger partial charge in [-0.2, -0.15) is 0 Å². The molecule has 1 heterocycles. The Morgan fingerprint density at radius 2 is 2.30 bits per heavy atom. The average Bonchev–Trinajstić information content (AvgIpc) is 2.09. The van der Waals surface area contributed by atoms with Crippen LogP contribution in [0.1, 0.15) is 20.3 Å². The first-order valence-corrected chi connectivity index (χ1v) is 4.43. The zero-order chi connectivity index (χ0) is 7.72. The molecule has 0 radical (unpaired) electrons. The molecule has 10 heavy (non-hydrogen) atoms. The molecule has 0 bridgehead atoms. The Kier molecular flexibility index (Phi) is 2.36. The third-order valence-electron chi connectivity index (χ3n) is 1.94. The quantitative estimate of drug-likeness (QED) is 0.622. The molecule has 0 aromatic rings. The Hall–Kier alpha value is -0.0200. The highest BCUT2D eigenvalue weighted by Gasteiger charge is 2.38. The fourth-order valence-electron chi connectivity index (χ4n) is 1.22. The van der Waals surface area contributed by atoms with Crippen molar-refractivity contribution in [2.45, 2.75) is 31.6 Å². The van der Waals surface area contributed by atoms with Crippen LogP contribution in [0.25, 0.3) is 0 Å². The number of thioether (sulfide) groups is 1. The number of carbonyl (C=O) groups is 1. The summed E-state index contributed by atoms with van der Waals surface area (Å²) in [5.41, 5.74) is 0. The van der Waals surface area contributed by atoms with Crippen LogP contribution in [0.5, 0.6) is 0 Å². The van der Waals surface area contributed by atoms with Crippen LogP contribution in [0.2, 0.25) is 0 Å². The summed E-state index contributed by atoms with van der Waals surface area (Å²) in [4.78, 5) is 11.0. The van der Waals surface area contributed by atoms with E-state index in [9.17, 15) is 9.90 Å². The van der Waals surface area contributed by atoms with E-state index in [1.165, 1.54) is 11.8 Å². The molecule has 1 rings (SSSR count). The minimum atomic E-state index is -0.414. The van der Waals surface area contributed by atoms with Gasteiger partial charge in [-0.3, -0.25) is 4.79 Å². The minimum absolute atomic E-state index is 0.0949. The normalized spacial score (nSPS) is 40.7. The number of rotatable bonds is 1. The van der Waals surface area contributed by atoms with Crippen LogP contribution in [0.3, 0.4) is 0 Å². The Labute approximate surface area is 65.0 Å². The monoisotopic (exact) mass is 160 g/mol. The molecule has 1 fully saturated rings. The van der Waals surface area contributed by atoms with Crippen LogP contribution in [0, 0.1) is 5.92 Å². The second-order valence-electron chi connectivity index (χ2n) is 2.65. The molecule has 3 atom stereocenters. The maximum absolute atomic E-state index is 11.0. The first-order chi connectivity index (χ1) is 4.66. The predicted octanol–water partition coefficient (Wildman–Crippen LogP) is 1.04. The zero-order valence-electron chi connectivity index (χ0n) is 6.20. The molecule has 58 valence electrons. The molecule has 3 unspecified atom stereocenters. The van der Waals surface area contributed by atoms with Gasteiger partial charge in [0.2, 0.25) is 0 Å². The molecule has 0 spiro atoms. The lowest BCUT2D eigenvalue weighted by Crippen LogP contribution is -2.23. The molecule has 1 saturated heterocycles. The van der Waals surface area contributed by atoms with Crippen molar-refractivity contribution >= 4 is 16.9 Å². The van der Waals surface area contributed by atoms with Crippen LogP contribution in [-0.2, 0) is 4.79 Å². The van der Waals surface area contributed by atoms with Crippen molar-refractivity contribution in [3.63, 3.8) is 0 Å². The minimum Gasteiger partial charge on any atom is -0.391 e. The molecule has 0 aromatic heterocycles. The lowest BCUT2D eigenvalue weighted by atomic mass is 10.00. The summed E-state index contributed by atoms with van der Waals surface area (Å²) in [6, 6.07) is 0. The number of carbonyl (C=O) groups excluding carboxylic acids is 1. The van der Waals surface area contributed by atoms with Gasteiger partial charge in [-0.25, -0.2) is 0 Å². The second-order valence-corrected chi connectivity index (χ2v) is 4.03. The van der Waals surface area contributed by atoms with Crippen molar-refractivity contribution in [2.24, 2.45) is 5.92 Å². The largest absolute Gasteiger partial charge is 0.391 e. The van der Waals surface area contributed by atoms with E-state index in [4.69, 9.17) is 0 Å². The summed E-state index contributed by atoms with van der Waals surface area (Å²) < 4.78 is 0. The van der Waals surface area contributed by atoms with Crippen LogP contribution in [0.4, 0.5) is 0 Å². The van der Waals surface area contributed by atoms with Crippen LogP contribution >= 0.6 is 11.8 Å².